The molecular weight excluding hydrogens is 406 g/mol. The van der Waals surface area contributed by atoms with E-state index in [2.05, 4.69) is 10.6 Å². The fourth-order valence-electron chi connectivity index (χ4n) is 3.50. The van der Waals surface area contributed by atoms with E-state index in [1.807, 2.05) is 66.7 Å². The zero-order valence-electron chi connectivity index (χ0n) is 21.4. The molecule has 32 heavy (non-hydrogen) atoms. The molecule has 7 heteroatoms. The number of alkyl carbamates (subject to hydrolysis) is 1. The van der Waals surface area contributed by atoms with Crippen molar-refractivity contribution >= 4 is 17.9 Å². The molecule has 0 saturated carbocycles. The second kappa shape index (κ2) is 10.8. The molecule has 2 N–H and O–H groups in total. The lowest BCUT2D eigenvalue weighted by molar-refractivity contribution is -0.147. The number of carbonyl (C=O) groups is 3. The van der Waals surface area contributed by atoms with Crippen LogP contribution in [-0.4, -0.2) is 46.5 Å². The molecule has 1 rings (SSSR count). The molecule has 0 radical (unpaired) electrons. The third-order valence-corrected chi connectivity index (χ3v) is 5.07. The van der Waals surface area contributed by atoms with Crippen LogP contribution in [-0.2, 0) is 14.3 Å². The lowest BCUT2D eigenvalue weighted by atomic mass is 9.91. The van der Waals surface area contributed by atoms with Gasteiger partial charge in [0.05, 0.1) is 0 Å². The number of nitrogens with zero attached hydrogens (tertiary/aromatic N) is 1. The zero-order valence-corrected chi connectivity index (χ0v) is 21.4. The summed E-state index contributed by atoms with van der Waals surface area (Å²) in [7, 11) is 0. The van der Waals surface area contributed by atoms with Crippen LogP contribution in [0.5, 0.6) is 0 Å². The van der Waals surface area contributed by atoms with Gasteiger partial charge in [-0.2, -0.15) is 0 Å². The molecule has 0 aliphatic rings. The minimum atomic E-state index is -0.834. The minimum absolute atomic E-state index is 0.0857. The van der Waals surface area contributed by atoms with Crippen molar-refractivity contribution in [3.8, 4) is 0 Å². The maximum Gasteiger partial charge on any atom is 0.408 e. The largest absolute Gasteiger partial charge is 0.444 e. The summed E-state index contributed by atoms with van der Waals surface area (Å²) < 4.78 is 5.26. The van der Waals surface area contributed by atoms with Gasteiger partial charge in [0.25, 0.3) is 0 Å². The van der Waals surface area contributed by atoms with Crippen LogP contribution in [0.2, 0.25) is 0 Å². The Bertz CT molecular complexity index is 805. The van der Waals surface area contributed by atoms with E-state index in [9.17, 15) is 14.4 Å². The highest BCUT2D eigenvalue weighted by molar-refractivity contribution is 5.91. The number of nitrogens with one attached hydrogen (secondary N) is 2. The number of rotatable bonds is 8. The summed E-state index contributed by atoms with van der Waals surface area (Å²) in [6, 6.07) is 4.98. The molecule has 0 bridgehead atoms. The Morgan fingerprint density at radius 1 is 1.00 bits per heavy atom. The van der Waals surface area contributed by atoms with E-state index in [1.54, 1.807) is 25.7 Å². The van der Waals surface area contributed by atoms with Gasteiger partial charge in [0, 0.05) is 11.6 Å². The summed E-state index contributed by atoms with van der Waals surface area (Å²) in [6.45, 7) is 18.5. The van der Waals surface area contributed by atoms with Crippen LogP contribution >= 0.6 is 0 Å². The van der Waals surface area contributed by atoms with E-state index >= 15 is 0 Å². The quantitative estimate of drug-likeness (QED) is 0.618. The van der Waals surface area contributed by atoms with Gasteiger partial charge < -0.3 is 20.3 Å². The zero-order chi connectivity index (χ0) is 24.9. The number of ether oxygens (including phenoxy) is 1. The maximum atomic E-state index is 13.5. The normalized spacial score (nSPS) is 12.8. The van der Waals surface area contributed by atoms with Crippen LogP contribution in [0.4, 0.5) is 4.79 Å². The molecule has 7 nitrogen and oxygen atoms in total. The van der Waals surface area contributed by atoms with Gasteiger partial charge in [0.2, 0.25) is 11.8 Å². The monoisotopic (exact) mass is 447 g/mol. The Labute approximate surface area is 193 Å². The van der Waals surface area contributed by atoms with Crippen LogP contribution in [0.15, 0.2) is 18.2 Å². The van der Waals surface area contributed by atoms with Crippen LogP contribution in [0.25, 0.3) is 0 Å². The maximum absolute atomic E-state index is 13.5. The van der Waals surface area contributed by atoms with Gasteiger partial charge in [-0.1, -0.05) is 36.2 Å². The Morgan fingerprint density at radius 3 is 1.97 bits per heavy atom. The highest BCUT2D eigenvalue weighted by atomic mass is 16.6. The average Bonchev–Trinajstić information content (AvgIpc) is 2.60. The predicted molar refractivity (Wildman–Crippen MR) is 127 cm³/mol. The molecular formula is C25H41N3O4. The molecule has 0 aromatic heterocycles. The number of aryl methyl sites for hydroxylation is 2. The van der Waals surface area contributed by atoms with E-state index < -0.39 is 23.3 Å². The Kier molecular flexibility index (Phi) is 9.30. The minimum Gasteiger partial charge on any atom is -0.444 e. The number of amides is 3. The van der Waals surface area contributed by atoms with Crippen LogP contribution in [0, 0.1) is 13.8 Å². The summed E-state index contributed by atoms with van der Waals surface area (Å²) >= 11 is 0. The number of hydrogen-bond donors (Lipinski definition) is 2. The van der Waals surface area contributed by atoms with E-state index in [0.29, 0.717) is 6.42 Å². The van der Waals surface area contributed by atoms with Gasteiger partial charge >= 0.3 is 6.09 Å². The first-order chi connectivity index (χ1) is 14.6. The van der Waals surface area contributed by atoms with E-state index in [4.69, 9.17) is 4.74 Å². The topological polar surface area (TPSA) is 87.7 Å². The third kappa shape index (κ3) is 8.17. The molecule has 0 aliphatic heterocycles. The second-order valence-electron chi connectivity index (χ2n) is 10.3. The molecule has 3 amide bonds. The van der Waals surface area contributed by atoms with Crippen molar-refractivity contribution in [1.29, 1.82) is 0 Å². The summed E-state index contributed by atoms with van der Waals surface area (Å²) in [5, 5.41) is 5.50. The van der Waals surface area contributed by atoms with Gasteiger partial charge in [-0.05, 0) is 74.3 Å². The fraction of sp³-hybridized carbons (Fsp3) is 0.640. The first-order valence-corrected chi connectivity index (χ1v) is 11.2. The van der Waals surface area contributed by atoms with Gasteiger partial charge in [0.15, 0.2) is 0 Å². The SMILES string of the molecule is CCC(C)(C)N(C(=O)CNC(=O)OC(C)(C)C)C(C(=O)NC(C)C)c1cc(C)cc(C)c1. The summed E-state index contributed by atoms with van der Waals surface area (Å²) in [5.41, 5.74) is 1.46. The highest BCUT2D eigenvalue weighted by Gasteiger charge is 2.40. The lowest BCUT2D eigenvalue weighted by Gasteiger charge is -2.43. The second-order valence-corrected chi connectivity index (χ2v) is 10.3. The fourth-order valence-corrected chi connectivity index (χ4v) is 3.50. The van der Waals surface area contributed by atoms with Gasteiger partial charge in [-0.15, -0.1) is 0 Å². The van der Waals surface area contributed by atoms with Crippen molar-refractivity contribution in [2.24, 2.45) is 0 Å². The molecule has 1 aromatic carbocycles. The van der Waals surface area contributed by atoms with Gasteiger partial charge in [-0.25, -0.2) is 4.79 Å². The third-order valence-electron chi connectivity index (χ3n) is 5.07. The van der Waals surface area contributed by atoms with Crippen molar-refractivity contribution in [2.75, 3.05) is 6.54 Å². The smallest absolute Gasteiger partial charge is 0.408 e. The van der Waals surface area contributed by atoms with Crippen molar-refractivity contribution in [3.63, 3.8) is 0 Å². The van der Waals surface area contributed by atoms with Crippen LogP contribution in [0.1, 0.15) is 84.5 Å². The van der Waals surface area contributed by atoms with E-state index in [0.717, 1.165) is 16.7 Å². The molecule has 1 atom stereocenters. The average molecular weight is 448 g/mol. The lowest BCUT2D eigenvalue weighted by Crippen LogP contribution is -2.56. The summed E-state index contributed by atoms with van der Waals surface area (Å²) in [4.78, 5) is 40.6. The first-order valence-electron chi connectivity index (χ1n) is 11.2. The van der Waals surface area contributed by atoms with Crippen molar-refractivity contribution in [1.82, 2.24) is 15.5 Å². The molecule has 0 aliphatic carbocycles. The predicted octanol–water partition coefficient (Wildman–Crippen LogP) is 4.41. The number of hydrogen-bond acceptors (Lipinski definition) is 4. The summed E-state index contributed by atoms with van der Waals surface area (Å²) in [5.74, 6) is -0.608. The molecule has 0 spiro atoms. The van der Waals surface area contributed by atoms with Gasteiger partial charge in [0.1, 0.15) is 18.2 Å². The van der Waals surface area contributed by atoms with Crippen LogP contribution < -0.4 is 10.6 Å². The van der Waals surface area contributed by atoms with Crippen molar-refractivity contribution < 1.29 is 19.1 Å². The highest BCUT2D eigenvalue weighted by Crippen LogP contribution is 2.32. The number of benzene rings is 1. The van der Waals surface area contributed by atoms with E-state index in [1.165, 1.54) is 0 Å². The Hall–Kier alpha value is -2.57. The Morgan fingerprint density at radius 2 is 1.53 bits per heavy atom. The summed E-state index contributed by atoms with van der Waals surface area (Å²) in [6.07, 6.45) is -0.0452. The van der Waals surface area contributed by atoms with Crippen molar-refractivity contribution in [2.45, 2.75) is 98.9 Å². The first kappa shape index (κ1) is 27.5. The Balaban J connectivity index is 3.41. The molecule has 1 aromatic rings. The standard InChI is InChI=1S/C25H41N3O4/c1-11-25(9,10)28(20(29)15-26-23(31)32-24(6,7)8)21(22(30)27-16(2)3)19-13-17(4)12-18(5)14-19/h12-14,16,21H,11,15H2,1-10H3,(H,26,31)(H,27,30). The molecule has 0 fully saturated rings. The molecule has 0 heterocycles. The van der Waals surface area contributed by atoms with Crippen LogP contribution in [0.3, 0.4) is 0 Å². The van der Waals surface area contributed by atoms with E-state index in [-0.39, 0.29) is 24.4 Å². The van der Waals surface area contributed by atoms with Gasteiger partial charge in [-0.3, -0.25) is 9.59 Å². The molecule has 180 valence electrons. The molecule has 1 unspecified atom stereocenters. The molecule has 0 saturated heterocycles. The van der Waals surface area contributed by atoms with Crippen molar-refractivity contribution in [3.05, 3.63) is 34.9 Å². The number of carbonyl (C=O) groups excluding carboxylic acids is 3.